The van der Waals surface area contributed by atoms with Gasteiger partial charge in [0.2, 0.25) is 0 Å². The summed E-state index contributed by atoms with van der Waals surface area (Å²) in [4.78, 5) is 11.5. The molecule has 0 bridgehead atoms. The molecule has 0 aliphatic heterocycles. The first-order chi connectivity index (χ1) is 10.7. The van der Waals surface area contributed by atoms with Gasteiger partial charge in [-0.1, -0.05) is 6.07 Å². The molecule has 0 aliphatic carbocycles. The third-order valence-electron chi connectivity index (χ3n) is 3.20. The summed E-state index contributed by atoms with van der Waals surface area (Å²) in [5, 5.41) is 9.07. The van der Waals surface area contributed by atoms with Crippen LogP contribution in [0.4, 0.5) is 5.69 Å². The van der Waals surface area contributed by atoms with E-state index >= 15 is 0 Å². The van der Waals surface area contributed by atoms with Crippen molar-refractivity contribution in [2.24, 2.45) is 0 Å². The Morgan fingerprint density at radius 3 is 2.61 bits per heavy atom. The third kappa shape index (κ3) is 2.90. The number of aryl methyl sites for hydroxylation is 1. The van der Waals surface area contributed by atoms with Crippen LogP contribution in [0, 0.1) is 18.3 Å². The first-order valence-corrected chi connectivity index (χ1v) is 7.72. The zero-order valence-corrected chi connectivity index (χ0v) is 13.1. The SMILES string of the molecule is COC(=O)c1c(N)c(C#N)cn1-c1ccc(C)cc1S(=O)(=O)O. The molecule has 2 aromatic rings. The minimum absolute atomic E-state index is 0.0211. The number of anilines is 1. The van der Waals surface area contributed by atoms with E-state index in [0.29, 0.717) is 5.56 Å². The van der Waals surface area contributed by atoms with Gasteiger partial charge in [0, 0.05) is 6.20 Å². The molecule has 0 amide bonds. The van der Waals surface area contributed by atoms with Gasteiger partial charge < -0.3 is 15.0 Å². The molecule has 23 heavy (non-hydrogen) atoms. The monoisotopic (exact) mass is 335 g/mol. The van der Waals surface area contributed by atoms with Gasteiger partial charge >= 0.3 is 5.97 Å². The van der Waals surface area contributed by atoms with Gasteiger partial charge in [0.15, 0.2) is 5.69 Å². The zero-order valence-electron chi connectivity index (χ0n) is 12.3. The van der Waals surface area contributed by atoms with Crippen LogP contribution in [0.5, 0.6) is 0 Å². The number of nitriles is 1. The van der Waals surface area contributed by atoms with Gasteiger partial charge in [0.25, 0.3) is 10.1 Å². The molecule has 1 aromatic carbocycles. The molecule has 3 N–H and O–H groups in total. The second kappa shape index (κ2) is 5.75. The fourth-order valence-electron chi connectivity index (χ4n) is 2.13. The van der Waals surface area contributed by atoms with Crippen molar-refractivity contribution >= 4 is 21.8 Å². The van der Waals surface area contributed by atoms with Gasteiger partial charge in [0.1, 0.15) is 11.0 Å². The molecule has 0 unspecified atom stereocenters. The fraction of sp³-hybridized carbons (Fsp3) is 0.143. The van der Waals surface area contributed by atoms with E-state index in [9.17, 15) is 17.8 Å². The Morgan fingerprint density at radius 2 is 2.09 bits per heavy atom. The maximum absolute atomic E-state index is 11.9. The summed E-state index contributed by atoms with van der Waals surface area (Å²) >= 11 is 0. The van der Waals surface area contributed by atoms with Gasteiger partial charge in [0.05, 0.1) is 24.0 Å². The van der Waals surface area contributed by atoms with Crippen molar-refractivity contribution in [2.45, 2.75) is 11.8 Å². The van der Waals surface area contributed by atoms with Crippen LogP contribution in [0.1, 0.15) is 21.6 Å². The van der Waals surface area contributed by atoms with Crippen molar-refractivity contribution in [3.8, 4) is 11.8 Å². The molecule has 1 heterocycles. The van der Waals surface area contributed by atoms with E-state index in [-0.39, 0.29) is 22.6 Å². The van der Waals surface area contributed by atoms with Crippen LogP contribution in [-0.2, 0) is 14.9 Å². The topological polar surface area (TPSA) is 135 Å². The number of hydrogen-bond acceptors (Lipinski definition) is 6. The number of nitrogens with zero attached hydrogens (tertiary/aromatic N) is 2. The number of methoxy groups -OCH3 is 1. The number of benzene rings is 1. The molecule has 120 valence electrons. The molecule has 0 saturated carbocycles. The van der Waals surface area contributed by atoms with Gasteiger partial charge in [-0.3, -0.25) is 4.55 Å². The van der Waals surface area contributed by atoms with Crippen molar-refractivity contribution in [3.05, 3.63) is 41.2 Å². The second-order valence-corrected chi connectivity index (χ2v) is 6.11. The molecule has 0 saturated heterocycles. The molecule has 9 heteroatoms. The Morgan fingerprint density at radius 1 is 1.43 bits per heavy atom. The molecule has 0 atom stereocenters. The average Bonchev–Trinajstić information content (AvgIpc) is 2.82. The highest BCUT2D eigenvalue weighted by atomic mass is 32.2. The Labute approximate surface area is 132 Å². The van der Waals surface area contributed by atoms with E-state index in [0.717, 1.165) is 11.7 Å². The van der Waals surface area contributed by atoms with Crippen molar-refractivity contribution in [1.82, 2.24) is 4.57 Å². The highest BCUT2D eigenvalue weighted by molar-refractivity contribution is 7.86. The van der Waals surface area contributed by atoms with Crippen molar-refractivity contribution in [2.75, 3.05) is 12.8 Å². The molecule has 0 aliphatic rings. The lowest BCUT2D eigenvalue weighted by atomic mass is 10.2. The second-order valence-electron chi connectivity index (χ2n) is 4.72. The van der Waals surface area contributed by atoms with E-state index in [1.54, 1.807) is 13.0 Å². The fourth-order valence-corrected chi connectivity index (χ4v) is 2.90. The number of carbonyl (C=O) groups excluding carboxylic acids is 1. The number of nitrogen functional groups attached to an aromatic ring is 1. The van der Waals surface area contributed by atoms with Gasteiger partial charge in [-0.15, -0.1) is 0 Å². The quantitative estimate of drug-likeness (QED) is 0.637. The van der Waals surface area contributed by atoms with Crippen LogP contribution >= 0.6 is 0 Å². The molecule has 0 fully saturated rings. The third-order valence-corrected chi connectivity index (χ3v) is 4.08. The molecule has 0 spiro atoms. The minimum Gasteiger partial charge on any atom is -0.464 e. The van der Waals surface area contributed by atoms with Crippen molar-refractivity contribution in [3.63, 3.8) is 0 Å². The summed E-state index contributed by atoms with van der Waals surface area (Å²) in [5.74, 6) is -0.842. The smallest absolute Gasteiger partial charge is 0.357 e. The summed E-state index contributed by atoms with van der Waals surface area (Å²) in [6.45, 7) is 1.64. The van der Waals surface area contributed by atoms with Crippen molar-refractivity contribution in [1.29, 1.82) is 5.26 Å². The lowest BCUT2D eigenvalue weighted by molar-refractivity contribution is 0.0593. The number of esters is 1. The Bertz CT molecular complexity index is 938. The number of hydrogen-bond donors (Lipinski definition) is 2. The molecular formula is C14H13N3O5S. The van der Waals surface area contributed by atoms with Crippen LogP contribution < -0.4 is 5.73 Å². The summed E-state index contributed by atoms with van der Waals surface area (Å²) in [5.41, 5.74) is 5.97. The molecule has 8 nitrogen and oxygen atoms in total. The first kappa shape index (κ1) is 16.5. The maximum atomic E-state index is 11.9. The predicted octanol–water partition coefficient (Wildman–Crippen LogP) is 1.27. The number of nitrogens with two attached hydrogens (primary N) is 1. The average molecular weight is 335 g/mol. The number of aromatic nitrogens is 1. The van der Waals surface area contributed by atoms with Crippen LogP contribution in [0.3, 0.4) is 0 Å². The van der Waals surface area contributed by atoms with E-state index in [4.69, 9.17) is 11.0 Å². The molecular weight excluding hydrogens is 322 g/mol. The first-order valence-electron chi connectivity index (χ1n) is 6.28. The lowest BCUT2D eigenvalue weighted by Crippen LogP contribution is -2.13. The highest BCUT2D eigenvalue weighted by Crippen LogP contribution is 2.29. The van der Waals surface area contributed by atoms with E-state index < -0.39 is 21.0 Å². The normalized spacial score (nSPS) is 11.0. The van der Waals surface area contributed by atoms with Crippen LogP contribution in [0.15, 0.2) is 29.3 Å². The number of rotatable bonds is 3. The summed E-state index contributed by atoms with van der Waals surface area (Å²) in [7, 11) is -3.43. The number of ether oxygens (including phenoxy) is 1. The summed E-state index contributed by atoms with van der Waals surface area (Å²) in [6.07, 6.45) is 1.21. The van der Waals surface area contributed by atoms with Crippen LogP contribution in [-0.4, -0.2) is 30.6 Å². The maximum Gasteiger partial charge on any atom is 0.357 e. The molecule has 1 aromatic heterocycles. The highest BCUT2D eigenvalue weighted by Gasteiger charge is 2.25. The Kier molecular flexibility index (Phi) is 4.14. The summed E-state index contributed by atoms with van der Waals surface area (Å²) < 4.78 is 38.4. The lowest BCUT2D eigenvalue weighted by Gasteiger charge is -2.12. The van der Waals surface area contributed by atoms with Gasteiger partial charge in [-0.05, 0) is 24.6 Å². The van der Waals surface area contributed by atoms with Gasteiger partial charge in [-0.2, -0.15) is 13.7 Å². The minimum atomic E-state index is -4.56. The molecule has 2 rings (SSSR count). The largest absolute Gasteiger partial charge is 0.464 e. The van der Waals surface area contributed by atoms with Crippen LogP contribution in [0.2, 0.25) is 0 Å². The number of carbonyl (C=O) groups is 1. The van der Waals surface area contributed by atoms with E-state index in [1.807, 2.05) is 6.07 Å². The van der Waals surface area contributed by atoms with E-state index in [2.05, 4.69) is 4.74 Å². The Hall–Kier alpha value is -2.83. The van der Waals surface area contributed by atoms with E-state index in [1.165, 1.54) is 18.3 Å². The van der Waals surface area contributed by atoms with Crippen molar-refractivity contribution < 1.29 is 22.5 Å². The van der Waals surface area contributed by atoms with Crippen LogP contribution in [0.25, 0.3) is 5.69 Å². The zero-order chi connectivity index (χ0) is 17.4. The molecule has 0 radical (unpaired) electrons. The van der Waals surface area contributed by atoms with Gasteiger partial charge in [-0.25, -0.2) is 4.79 Å². The summed E-state index contributed by atoms with van der Waals surface area (Å²) in [6, 6.07) is 6.04. The standard InChI is InChI=1S/C14H13N3O5S/c1-8-3-4-10(11(5-8)23(19,20)21)17-7-9(6-15)12(16)13(17)14(18)22-2/h3-5,7H,16H2,1-2H3,(H,19,20,21). The predicted molar refractivity (Wildman–Crippen MR) is 80.8 cm³/mol. The Balaban J connectivity index is 2.89.